The Bertz CT molecular complexity index is 384. The number of aryl methyl sites for hydroxylation is 2. The van der Waals surface area contributed by atoms with Crippen LogP contribution in [-0.2, 0) is 0 Å². The van der Waals surface area contributed by atoms with Crippen LogP contribution >= 0.6 is 12.2 Å². The van der Waals surface area contributed by atoms with E-state index in [0.29, 0.717) is 18.2 Å². The zero-order valence-electron chi connectivity index (χ0n) is 10.8. The minimum absolute atomic E-state index is 0.00860. The van der Waals surface area contributed by atoms with E-state index in [0.717, 1.165) is 16.8 Å². The molecule has 0 aliphatic rings. The van der Waals surface area contributed by atoms with Gasteiger partial charge in [0.1, 0.15) is 0 Å². The predicted octanol–water partition coefficient (Wildman–Crippen LogP) is 1.29. The molecule has 1 aromatic carbocycles. The van der Waals surface area contributed by atoms with Gasteiger partial charge in [-0.1, -0.05) is 6.07 Å². The molecule has 5 heteroatoms. The van der Waals surface area contributed by atoms with Crippen molar-refractivity contribution in [2.45, 2.75) is 13.8 Å². The van der Waals surface area contributed by atoms with Gasteiger partial charge in [0.15, 0.2) is 5.11 Å². The highest BCUT2D eigenvalue weighted by Gasteiger charge is 2.08. The average molecular weight is 268 g/mol. The Labute approximate surface area is 113 Å². The highest BCUT2D eigenvalue weighted by molar-refractivity contribution is 7.80. The van der Waals surface area contributed by atoms with E-state index in [4.69, 9.17) is 22.4 Å². The van der Waals surface area contributed by atoms with Crippen LogP contribution in [0, 0.1) is 13.8 Å². The van der Waals surface area contributed by atoms with Crippen molar-refractivity contribution in [2.24, 2.45) is 0 Å². The molecule has 4 nitrogen and oxygen atoms in total. The monoisotopic (exact) mass is 268 g/mol. The van der Waals surface area contributed by atoms with Crippen LogP contribution in [0.25, 0.3) is 0 Å². The van der Waals surface area contributed by atoms with Crippen LogP contribution in [0.2, 0.25) is 0 Å². The fourth-order valence-electron chi connectivity index (χ4n) is 1.81. The number of aliphatic hydroxyl groups excluding tert-OH is 2. The van der Waals surface area contributed by atoms with Gasteiger partial charge in [0.2, 0.25) is 0 Å². The Morgan fingerprint density at radius 3 is 2.06 bits per heavy atom. The van der Waals surface area contributed by atoms with E-state index in [1.807, 2.05) is 26.0 Å². The summed E-state index contributed by atoms with van der Waals surface area (Å²) in [5.74, 6) is 0. The maximum Gasteiger partial charge on any atom is 0.173 e. The summed E-state index contributed by atoms with van der Waals surface area (Å²) in [4.78, 5) is 1.74. The zero-order chi connectivity index (χ0) is 13.5. The van der Waals surface area contributed by atoms with Gasteiger partial charge in [0.05, 0.1) is 13.2 Å². The largest absolute Gasteiger partial charge is 0.395 e. The average Bonchev–Trinajstić information content (AvgIpc) is 2.27. The molecule has 0 radical (unpaired) electrons. The lowest BCUT2D eigenvalue weighted by atomic mass is 10.1. The molecule has 0 heterocycles. The van der Waals surface area contributed by atoms with Gasteiger partial charge in [-0.25, -0.2) is 0 Å². The minimum Gasteiger partial charge on any atom is -0.395 e. The molecule has 0 aliphatic carbocycles. The molecule has 0 aliphatic heterocycles. The van der Waals surface area contributed by atoms with E-state index in [1.165, 1.54) is 0 Å². The molecular weight excluding hydrogens is 248 g/mol. The van der Waals surface area contributed by atoms with E-state index >= 15 is 0 Å². The molecule has 18 heavy (non-hydrogen) atoms. The summed E-state index contributed by atoms with van der Waals surface area (Å²) >= 11 is 5.27. The molecule has 3 N–H and O–H groups in total. The topological polar surface area (TPSA) is 55.7 Å². The van der Waals surface area contributed by atoms with Crippen molar-refractivity contribution in [3.63, 3.8) is 0 Å². The Balaban J connectivity index is 2.72. The fourth-order valence-corrected chi connectivity index (χ4v) is 2.11. The maximum atomic E-state index is 8.96. The first kappa shape index (κ1) is 14.9. The zero-order valence-corrected chi connectivity index (χ0v) is 11.6. The fraction of sp³-hybridized carbons (Fsp3) is 0.462. The number of thiocarbonyl (C=S) groups is 1. The number of anilines is 1. The molecule has 1 aromatic rings. The molecule has 1 rings (SSSR count). The molecule has 0 atom stereocenters. The number of hydrogen-bond donors (Lipinski definition) is 3. The third kappa shape index (κ3) is 4.60. The normalized spacial score (nSPS) is 10.2. The standard InChI is InChI=1S/C13H20N2O2S/c1-10-7-11(2)9-12(8-10)14-13(18)15(3-5-16)4-6-17/h7-9,16-17H,3-6H2,1-2H3,(H,14,18). The quantitative estimate of drug-likeness (QED) is 0.703. The predicted molar refractivity (Wildman–Crippen MR) is 77.9 cm³/mol. The second-order valence-electron chi connectivity index (χ2n) is 4.24. The van der Waals surface area contributed by atoms with Crippen LogP contribution in [0.3, 0.4) is 0 Å². The van der Waals surface area contributed by atoms with Crippen molar-refractivity contribution in [3.05, 3.63) is 29.3 Å². The summed E-state index contributed by atoms with van der Waals surface area (Å²) in [6, 6.07) is 6.11. The number of rotatable bonds is 5. The molecule has 0 saturated carbocycles. The molecule has 0 bridgehead atoms. The minimum atomic E-state index is 0.00860. The molecule has 0 fully saturated rings. The number of nitrogens with zero attached hydrogens (tertiary/aromatic N) is 1. The van der Waals surface area contributed by atoms with Crippen molar-refractivity contribution >= 4 is 23.0 Å². The first-order chi connectivity index (χ1) is 8.56. The van der Waals surface area contributed by atoms with Crippen LogP contribution in [0.5, 0.6) is 0 Å². The van der Waals surface area contributed by atoms with Crippen LogP contribution in [0.4, 0.5) is 5.69 Å². The second kappa shape index (κ2) is 7.31. The van der Waals surface area contributed by atoms with Crippen molar-refractivity contribution in [3.8, 4) is 0 Å². The summed E-state index contributed by atoms with van der Waals surface area (Å²) in [6.45, 7) is 4.90. The van der Waals surface area contributed by atoms with Gasteiger partial charge in [0, 0.05) is 18.8 Å². The lowest BCUT2D eigenvalue weighted by Gasteiger charge is -2.24. The summed E-state index contributed by atoms with van der Waals surface area (Å²) in [6.07, 6.45) is 0. The third-order valence-electron chi connectivity index (χ3n) is 2.50. The van der Waals surface area contributed by atoms with E-state index in [9.17, 15) is 0 Å². The Kier molecular flexibility index (Phi) is 6.04. The molecule has 0 aromatic heterocycles. The van der Waals surface area contributed by atoms with Crippen molar-refractivity contribution in [2.75, 3.05) is 31.6 Å². The van der Waals surface area contributed by atoms with E-state index in [2.05, 4.69) is 11.4 Å². The number of nitrogens with one attached hydrogen (secondary N) is 1. The van der Waals surface area contributed by atoms with E-state index in [-0.39, 0.29) is 13.2 Å². The summed E-state index contributed by atoms with van der Waals surface area (Å²) in [7, 11) is 0. The smallest absolute Gasteiger partial charge is 0.173 e. The van der Waals surface area contributed by atoms with Crippen LogP contribution < -0.4 is 5.32 Å². The molecule has 0 saturated heterocycles. The number of aliphatic hydroxyl groups is 2. The lowest BCUT2D eigenvalue weighted by molar-refractivity contribution is 0.214. The van der Waals surface area contributed by atoms with Crippen LogP contribution in [0.15, 0.2) is 18.2 Å². The first-order valence-corrected chi connectivity index (χ1v) is 6.33. The molecule has 0 unspecified atom stereocenters. The molecule has 100 valence electrons. The lowest BCUT2D eigenvalue weighted by Crippen LogP contribution is -2.38. The van der Waals surface area contributed by atoms with Gasteiger partial charge >= 0.3 is 0 Å². The Morgan fingerprint density at radius 2 is 1.61 bits per heavy atom. The van der Waals surface area contributed by atoms with Gasteiger partial charge in [0.25, 0.3) is 0 Å². The van der Waals surface area contributed by atoms with Crippen molar-refractivity contribution < 1.29 is 10.2 Å². The molecule has 0 amide bonds. The Hall–Kier alpha value is -1.17. The van der Waals surface area contributed by atoms with Crippen molar-refractivity contribution in [1.82, 2.24) is 4.90 Å². The van der Waals surface area contributed by atoms with Crippen LogP contribution in [-0.4, -0.2) is 46.5 Å². The van der Waals surface area contributed by atoms with Gasteiger partial charge < -0.3 is 20.4 Å². The number of hydrogen-bond acceptors (Lipinski definition) is 3. The highest BCUT2D eigenvalue weighted by Crippen LogP contribution is 2.14. The highest BCUT2D eigenvalue weighted by atomic mass is 32.1. The first-order valence-electron chi connectivity index (χ1n) is 5.92. The molecular formula is C13H20N2O2S. The van der Waals surface area contributed by atoms with E-state index in [1.54, 1.807) is 4.90 Å². The van der Waals surface area contributed by atoms with Gasteiger partial charge in [-0.15, -0.1) is 0 Å². The van der Waals surface area contributed by atoms with Crippen molar-refractivity contribution in [1.29, 1.82) is 0 Å². The summed E-state index contributed by atoms with van der Waals surface area (Å²) < 4.78 is 0. The maximum absolute atomic E-state index is 8.96. The van der Waals surface area contributed by atoms with Gasteiger partial charge in [-0.2, -0.15) is 0 Å². The van der Waals surface area contributed by atoms with Crippen LogP contribution in [0.1, 0.15) is 11.1 Å². The molecule has 0 spiro atoms. The Morgan fingerprint density at radius 1 is 1.11 bits per heavy atom. The van der Waals surface area contributed by atoms with Gasteiger partial charge in [-0.05, 0) is 49.3 Å². The SMILES string of the molecule is Cc1cc(C)cc(NC(=S)N(CCO)CCO)c1. The third-order valence-corrected chi connectivity index (χ3v) is 2.86. The second-order valence-corrected chi connectivity index (χ2v) is 4.63. The number of benzene rings is 1. The summed E-state index contributed by atoms with van der Waals surface area (Å²) in [5, 5.41) is 21.6. The summed E-state index contributed by atoms with van der Waals surface area (Å²) in [5.41, 5.74) is 3.26. The van der Waals surface area contributed by atoms with Gasteiger partial charge in [-0.3, -0.25) is 0 Å². The van der Waals surface area contributed by atoms with E-state index < -0.39 is 0 Å².